The molecule has 4 rings (SSSR count). The lowest BCUT2D eigenvalue weighted by Crippen LogP contribution is -2.50. The van der Waals surface area contributed by atoms with Crippen molar-refractivity contribution in [2.24, 2.45) is 0 Å². The highest BCUT2D eigenvalue weighted by molar-refractivity contribution is 6.74. The maximum absolute atomic E-state index is 12.9. The van der Waals surface area contributed by atoms with E-state index in [1.54, 1.807) is 0 Å². The van der Waals surface area contributed by atoms with Gasteiger partial charge in [0.2, 0.25) is 0 Å². The molecule has 1 amide bonds. The number of nitrogens with zero attached hydrogens (tertiary/aromatic N) is 4. The van der Waals surface area contributed by atoms with Crippen LogP contribution in [0.15, 0.2) is 48.2 Å². The molecule has 1 aromatic carbocycles. The summed E-state index contributed by atoms with van der Waals surface area (Å²) < 4.78 is 8.20. The second-order valence-corrected chi connectivity index (χ2v) is 16.6. The molecule has 3 heterocycles. The summed E-state index contributed by atoms with van der Waals surface area (Å²) in [5.74, 6) is -0.00501. The SMILES string of the molecule is CC(C)(C)[Si](C)(C)OCCN1CCN(CCN2CCC=C(C(=O)Nn3ccc4ccccc43)C2)CC1. The van der Waals surface area contributed by atoms with E-state index < -0.39 is 8.32 Å². The van der Waals surface area contributed by atoms with E-state index in [0.717, 1.165) is 88.4 Å². The molecule has 8 heteroatoms. The first-order valence-electron chi connectivity index (χ1n) is 13.5. The van der Waals surface area contributed by atoms with Gasteiger partial charge in [0.25, 0.3) is 5.91 Å². The van der Waals surface area contributed by atoms with Crippen molar-refractivity contribution in [2.45, 2.75) is 45.3 Å². The highest BCUT2D eigenvalue weighted by Crippen LogP contribution is 2.36. The zero-order valence-corrected chi connectivity index (χ0v) is 23.9. The number of hydrogen-bond donors (Lipinski definition) is 1. The zero-order chi connectivity index (χ0) is 25.8. The number of rotatable bonds is 9. The average Bonchev–Trinajstić information content (AvgIpc) is 3.26. The molecule has 0 radical (unpaired) electrons. The molecule has 0 atom stereocenters. The standard InChI is InChI=1S/C28H45N5O2Si/c1-28(2,3)36(4,5)35-22-21-31-17-15-30(16-18-31)19-20-32-13-8-10-25(23-32)27(34)29-33-14-12-24-9-6-7-11-26(24)33/h6-7,9-12,14H,8,13,15-23H2,1-5H3,(H,29,34). The molecule has 1 aromatic heterocycles. The molecule has 2 aromatic rings. The number of hydrogen-bond acceptors (Lipinski definition) is 5. The van der Waals surface area contributed by atoms with Crippen LogP contribution >= 0.6 is 0 Å². The van der Waals surface area contributed by atoms with Crippen LogP contribution < -0.4 is 5.43 Å². The minimum atomic E-state index is -1.66. The fraction of sp³-hybridized carbons (Fsp3) is 0.607. The number of para-hydroxylation sites is 1. The number of aromatic nitrogens is 1. The number of carbonyl (C=O) groups is 1. The summed E-state index contributed by atoms with van der Waals surface area (Å²) in [7, 11) is -1.66. The number of benzene rings is 1. The monoisotopic (exact) mass is 511 g/mol. The fourth-order valence-electron chi connectivity index (χ4n) is 4.69. The largest absolute Gasteiger partial charge is 0.416 e. The van der Waals surface area contributed by atoms with E-state index in [4.69, 9.17) is 4.43 Å². The van der Waals surface area contributed by atoms with Gasteiger partial charge in [-0.3, -0.25) is 29.6 Å². The molecule has 36 heavy (non-hydrogen) atoms. The summed E-state index contributed by atoms with van der Waals surface area (Å²) in [4.78, 5) is 20.5. The first kappa shape index (κ1) is 27.1. The molecule has 1 saturated heterocycles. The molecule has 2 aliphatic heterocycles. The van der Waals surface area contributed by atoms with Gasteiger partial charge in [-0.1, -0.05) is 45.0 Å². The quantitative estimate of drug-likeness (QED) is 0.516. The van der Waals surface area contributed by atoms with Gasteiger partial charge in [-0.05, 0) is 36.7 Å². The first-order chi connectivity index (χ1) is 17.1. The number of fused-ring (bicyclic) bond motifs is 1. The molecule has 198 valence electrons. The van der Waals surface area contributed by atoms with Gasteiger partial charge in [-0.15, -0.1) is 0 Å². The lowest BCUT2D eigenvalue weighted by atomic mass is 10.1. The van der Waals surface area contributed by atoms with E-state index in [-0.39, 0.29) is 10.9 Å². The fourth-order valence-corrected chi connectivity index (χ4v) is 5.72. The first-order valence-corrected chi connectivity index (χ1v) is 16.4. The van der Waals surface area contributed by atoms with Gasteiger partial charge in [0.05, 0.1) is 5.52 Å². The van der Waals surface area contributed by atoms with E-state index >= 15 is 0 Å². The lowest BCUT2D eigenvalue weighted by Gasteiger charge is -2.38. The van der Waals surface area contributed by atoms with Crippen molar-refractivity contribution in [3.8, 4) is 0 Å². The third-order valence-electron chi connectivity index (χ3n) is 8.22. The molecule has 1 fully saturated rings. The van der Waals surface area contributed by atoms with E-state index in [2.05, 4.69) is 66.1 Å². The Morgan fingerprint density at radius 1 is 0.944 bits per heavy atom. The highest BCUT2D eigenvalue weighted by Gasteiger charge is 2.37. The predicted molar refractivity (Wildman–Crippen MR) is 151 cm³/mol. The molecule has 0 saturated carbocycles. The molecular weight excluding hydrogens is 466 g/mol. The van der Waals surface area contributed by atoms with Gasteiger partial charge in [0.1, 0.15) is 0 Å². The predicted octanol–water partition coefficient (Wildman–Crippen LogP) is 3.98. The zero-order valence-electron chi connectivity index (χ0n) is 22.9. The molecule has 1 N–H and O–H groups in total. The molecule has 0 unspecified atom stereocenters. The van der Waals surface area contributed by atoms with E-state index in [1.807, 2.05) is 35.1 Å². The summed E-state index contributed by atoms with van der Waals surface area (Å²) in [6.45, 7) is 21.7. The van der Waals surface area contributed by atoms with Crippen molar-refractivity contribution in [2.75, 3.05) is 70.9 Å². The van der Waals surface area contributed by atoms with Gasteiger partial charge >= 0.3 is 0 Å². The average molecular weight is 512 g/mol. The van der Waals surface area contributed by atoms with Gasteiger partial charge in [-0.25, -0.2) is 0 Å². The van der Waals surface area contributed by atoms with Crippen molar-refractivity contribution in [1.82, 2.24) is 19.4 Å². The Morgan fingerprint density at radius 2 is 1.61 bits per heavy atom. The van der Waals surface area contributed by atoms with Crippen molar-refractivity contribution in [1.29, 1.82) is 0 Å². The van der Waals surface area contributed by atoms with Gasteiger partial charge in [0, 0.05) is 82.7 Å². The van der Waals surface area contributed by atoms with Crippen LogP contribution in [0.2, 0.25) is 18.1 Å². The van der Waals surface area contributed by atoms with Gasteiger partial charge in [-0.2, -0.15) is 0 Å². The Balaban J connectivity index is 1.16. The van der Waals surface area contributed by atoms with E-state index in [0.29, 0.717) is 0 Å². The van der Waals surface area contributed by atoms with Crippen LogP contribution in [-0.2, 0) is 9.22 Å². The lowest BCUT2D eigenvalue weighted by molar-refractivity contribution is -0.114. The number of nitrogens with one attached hydrogen (secondary N) is 1. The normalized spacial score (nSPS) is 19.0. The molecule has 7 nitrogen and oxygen atoms in total. The molecule has 0 aliphatic carbocycles. The summed E-state index contributed by atoms with van der Waals surface area (Å²) in [6.07, 6.45) is 4.95. The van der Waals surface area contributed by atoms with E-state index in [9.17, 15) is 4.79 Å². The third kappa shape index (κ3) is 6.86. The van der Waals surface area contributed by atoms with Crippen molar-refractivity contribution >= 4 is 25.1 Å². The van der Waals surface area contributed by atoms with Crippen LogP contribution in [0, 0.1) is 0 Å². The van der Waals surface area contributed by atoms with Crippen LogP contribution in [0.5, 0.6) is 0 Å². The summed E-state index contributed by atoms with van der Waals surface area (Å²) in [5.41, 5.74) is 4.94. The molecule has 2 aliphatic rings. The molecule has 0 bridgehead atoms. The Hall–Kier alpha value is -1.97. The Kier molecular flexibility index (Phi) is 8.73. The summed E-state index contributed by atoms with van der Waals surface area (Å²) in [6, 6.07) is 10.1. The van der Waals surface area contributed by atoms with Crippen molar-refractivity contribution in [3.63, 3.8) is 0 Å². The molecular formula is C28H45N5O2Si. The molecule has 0 spiro atoms. The van der Waals surface area contributed by atoms with Crippen molar-refractivity contribution < 1.29 is 9.22 Å². The Bertz CT molecular complexity index is 1050. The second kappa shape index (κ2) is 11.6. The number of piperazine rings is 1. The van der Waals surface area contributed by atoms with Crippen LogP contribution in [0.25, 0.3) is 10.9 Å². The van der Waals surface area contributed by atoms with Gasteiger partial charge < -0.3 is 4.43 Å². The number of amides is 1. The Morgan fingerprint density at radius 3 is 2.33 bits per heavy atom. The Labute approximate surface area is 218 Å². The third-order valence-corrected chi connectivity index (χ3v) is 12.8. The van der Waals surface area contributed by atoms with Gasteiger partial charge in [0.15, 0.2) is 8.32 Å². The van der Waals surface area contributed by atoms with Crippen LogP contribution in [0.4, 0.5) is 0 Å². The maximum atomic E-state index is 12.9. The highest BCUT2D eigenvalue weighted by atomic mass is 28.4. The second-order valence-electron chi connectivity index (χ2n) is 11.8. The van der Waals surface area contributed by atoms with Crippen LogP contribution in [0.3, 0.4) is 0 Å². The van der Waals surface area contributed by atoms with Crippen LogP contribution in [0.1, 0.15) is 27.2 Å². The van der Waals surface area contributed by atoms with E-state index in [1.165, 1.54) is 0 Å². The minimum Gasteiger partial charge on any atom is -0.416 e. The smallest absolute Gasteiger partial charge is 0.267 e. The van der Waals surface area contributed by atoms with Crippen molar-refractivity contribution in [3.05, 3.63) is 48.2 Å². The maximum Gasteiger partial charge on any atom is 0.267 e. The topological polar surface area (TPSA) is 53.0 Å². The van der Waals surface area contributed by atoms with Crippen LogP contribution in [-0.4, -0.2) is 99.1 Å². The summed E-state index contributed by atoms with van der Waals surface area (Å²) in [5, 5.41) is 1.40. The minimum absolute atomic E-state index is 0.00501. The summed E-state index contributed by atoms with van der Waals surface area (Å²) >= 11 is 0. The number of carbonyl (C=O) groups excluding carboxylic acids is 1.